The number of hydrogen-bond donors (Lipinski definition) is 0. The quantitative estimate of drug-likeness (QED) is 0.0804. The Balaban J connectivity index is 0.922. The highest BCUT2D eigenvalue weighted by Gasteiger charge is 2.61. The van der Waals surface area contributed by atoms with Crippen LogP contribution in [0.5, 0.6) is 0 Å². The molecular formula is C65H60O2. The molecule has 11 unspecified atom stereocenters. The number of carbonyl (C=O) groups excluding carboxylic acids is 1. The van der Waals surface area contributed by atoms with Gasteiger partial charge in [0, 0.05) is 35.5 Å². The van der Waals surface area contributed by atoms with Crippen LogP contribution in [0, 0.1) is 29.6 Å². The van der Waals surface area contributed by atoms with Gasteiger partial charge in [0.1, 0.15) is 6.10 Å². The highest BCUT2D eigenvalue weighted by atomic mass is 16.5. The smallest absolute Gasteiger partial charge is 0.306 e. The molecule has 332 valence electrons. The van der Waals surface area contributed by atoms with E-state index < -0.39 is 0 Å². The lowest BCUT2D eigenvalue weighted by atomic mass is 9.53. The van der Waals surface area contributed by atoms with Gasteiger partial charge in [-0.1, -0.05) is 102 Å². The molecule has 0 aromatic heterocycles. The average Bonchev–Trinajstić information content (AvgIpc) is 4.16. The maximum absolute atomic E-state index is 14.2. The lowest BCUT2D eigenvalue weighted by Gasteiger charge is -2.49. The SMILES string of the molecule is CCC(C)CC(C)CC(C)C(C)OC(=O)CCCC1(c2cccc(C(C)CC)c2)C2C=C3CC4=CC5Cc6cc7cc8c9c%10c%11c(c%12c%13c%14c(c3c4c3c%14c4c(c6c7c9c4c%13%10)C35)C%121)=C2CC%11C=8. The predicted octanol–water partition coefficient (Wildman–Crippen LogP) is 14.9. The molecule has 2 heteroatoms. The molecule has 0 saturated carbocycles. The Morgan fingerprint density at radius 3 is 2.33 bits per heavy atom. The minimum Gasteiger partial charge on any atom is -0.462 e. The average molecular weight is 873 g/mol. The molecule has 0 N–H and O–H groups in total. The van der Waals surface area contributed by atoms with Gasteiger partial charge in [0.15, 0.2) is 0 Å². The molecule has 2 nitrogen and oxygen atoms in total. The van der Waals surface area contributed by atoms with Crippen molar-refractivity contribution in [2.75, 3.05) is 0 Å². The van der Waals surface area contributed by atoms with E-state index in [1.165, 1.54) is 34.6 Å². The number of ether oxygens (including phenoxy) is 1. The molecule has 67 heavy (non-hydrogen) atoms. The van der Waals surface area contributed by atoms with E-state index in [-0.39, 0.29) is 29.3 Å². The molecule has 0 heterocycles. The van der Waals surface area contributed by atoms with Crippen LogP contribution < -0.4 is 10.4 Å². The van der Waals surface area contributed by atoms with Gasteiger partial charge in [0.05, 0.1) is 0 Å². The van der Waals surface area contributed by atoms with Crippen molar-refractivity contribution < 1.29 is 9.53 Å². The van der Waals surface area contributed by atoms with E-state index in [0.717, 1.165) is 50.9 Å². The van der Waals surface area contributed by atoms with Crippen LogP contribution in [-0.2, 0) is 21.4 Å². The van der Waals surface area contributed by atoms with E-state index >= 15 is 0 Å². The van der Waals surface area contributed by atoms with Crippen LogP contribution in [0.25, 0.3) is 87.4 Å². The molecule has 9 aliphatic carbocycles. The third-order valence-electron chi connectivity index (χ3n) is 21.3. The molecule has 0 saturated heterocycles. The zero-order chi connectivity index (χ0) is 44.6. The largest absolute Gasteiger partial charge is 0.462 e. The fourth-order valence-electron chi connectivity index (χ4n) is 18.5. The van der Waals surface area contributed by atoms with E-state index in [4.69, 9.17) is 4.74 Å². The van der Waals surface area contributed by atoms with Crippen molar-refractivity contribution in [3.63, 3.8) is 0 Å². The first-order chi connectivity index (χ1) is 32.6. The molecule has 0 fully saturated rings. The molecule has 8 aromatic carbocycles. The summed E-state index contributed by atoms with van der Waals surface area (Å²) in [5, 5.41) is 22.7. The Kier molecular flexibility index (Phi) is 6.74. The van der Waals surface area contributed by atoms with Gasteiger partial charge < -0.3 is 4.74 Å². The van der Waals surface area contributed by atoms with Crippen LogP contribution in [0.2, 0.25) is 0 Å². The Labute approximate surface area is 393 Å². The molecule has 17 rings (SSSR count). The van der Waals surface area contributed by atoms with E-state index in [1.54, 1.807) is 126 Å². The van der Waals surface area contributed by atoms with Crippen molar-refractivity contribution in [2.24, 2.45) is 29.6 Å². The minimum atomic E-state index is -0.228. The molecule has 2 bridgehead atoms. The van der Waals surface area contributed by atoms with Gasteiger partial charge in [-0.05, 0) is 236 Å². The van der Waals surface area contributed by atoms with Crippen molar-refractivity contribution in [2.45, 2.75) is 148 Å². The normalized spacial score (nSPS) is 27.5. The maximum atomic E-state index is 14.2. The number of carbonyl (C=O) groups is 1. The fraction of sp³-hybridized carbons (Fsp3) is 0.431. The van der Waals surface area contributed by atoms with Gasteiger partial charge >= 0.3 is 5.97 Å². The molecule has 9 aliphatic rings. The fourth-order valence-corrected chi connectivity index (χ4v) is 18.5. The zero-order valence-corrected chi connectivity index (χ0v) is 40.4. The summed E-state index contributed by atoms with van der Waals surface area (Å²) >= 11 is 0. The van der Waals surface area contributed by atoms with Crippen molar-refractivity contribution in [3.8, 4) is 0 Å². The summed E-state index contributed by atoms with van der Waals surface area (Å²) in [6.45, 7) is 16.3. The Morgan fingerprint density at radius 2 is 1.48 bits per heavy atom. The second-order valence-electron chi connectivity index (χ2n) is 24.5. The lowest BCUT2D eigenvalue weighted by Crippen LogP contribution is -2.47. The molecule has 11 atom stereocenters. The summed E-state index contributed by atoms with van der Waals surface area (Å²) in [5.41, 5.74) is 21.1. The number of benzene rings is 6. The van der Waals surface area contributed by atoms with E-state index in [0.29, 0.717) is 41.9 Å². The standard InChI is InChI=1S/C65H60O2/c1-8-27(3)16-28(4)17-30(6)31(7)67-43(66)14-11-15-65(40-13-10-12-32(24-40)29(5)9-2)42-26-39-23-35-21-36-19-33-18-34-20-37-22-38-25-41(42)51-48(38)55-50(37)53-45(34)44(33)52-49(36)54-46(35)47(39)62-60-58(54)56(52)57(53)59(55)61(60)63(51)64(62)65/h10,12-13,18,20-22,24,26-31,36,38,42,49,64H,8-9,11,14-17,19,23,25H2,1-7H3. The van der Waals surface area contributed by atoms with Gasteiger partial charge in [-0.25, -0.2) is 0 Å². The summed E-state index contributed by atoms with van der Waals surface area (Å²) in [6, 6.07) is 15.3. The Hall–Kier alpha value is -5.21. The predicted molar refractivity (Wildman–Crippen MR) is 278 cm³/mol. The second kappa shape index (κ2) is 12.0. The topological polar surface area (TPSA) is 26.3 Å². The van der Waals surface area contributed by atoms with Crippen LogP contribution in [-0.4, -0.2) is 12.1 Å². The minimum absolute atomic E-state index is 0.00848. The number of rotatable bonds is 14. The zero-order valence-electron chi connectivity index (χ0n) is 40.4. The van der Waals surface area contributed by atoms with Gasteiger partial charge in [-0.15, -0.1) is 0 Å². The number of esters is 1. The van der Waals surface area contributed by atoms with E-state index in [2.05, 4.69) is 103 Å². The summed E-state index contributed by atoms with van der Waals surface area (Å²) in [7, 11) is 0. The maximum Gasteiger partial charge on any atom is 0.306 e. The van der Waals surface area contributed by atoms with Crippen LogP contribution in [0.3, 0.4) is 0 Å². The Morgan fingerprint density at radius 1 is 0.716 bits per heavy atom. The first-order valence-corrected chi connectivity index (χ1v) is 26.9. The third-order valence-corrected chi connectivity index (χ3v) is 21.3. The van der Waals surface area contributed by atoms with Gasteiger partial charge in [-0.3, -0.25) is 4.79 Å². The summed E-state index contributed by atoms with van der Waals surface area (Å²) < 4.78 is 6.42. The number of fused-ring (bicyclic) bond motifs is 2. The summed E-state index contributed by atoms with van der Waals surface area (Å²) in [4.78, 5) is 14.2. The molecule has 0 spiro atoms. The molecule has 0 radical (unpaired) electrons. The van der Waals surface area contributed by atoms with Crippen LogP contribution in [0.15, 0.2) is 48.6 Å². The molecule has 0 amide bonds. The van der Waals surface area contributed by atoms with Crippen LogP contribution in [0.1, 0.15) is 186 Å². The number of hydrogen-bond acceptors (Lipinski definition) is 2. The van der Waals surface area contributed by atoms with Crippen molar-refractivity contribution in [1.29, 1.82) is 0 Å². The lowest BCUT2D eigenvalue weighted by molar-refractivity contribution is -0.151. The monoisotopic (exact) mass is 872 g/mol. The van der Waals surface area contributed by atoms with Crippen LogP contribution >= 0.6 is 0 Å². The summed E-state index contributed by atoms with van der Waals surface area (Å²) in [6.07, 6.45) is 18.7. The van der Waals surface area contributed by atoms with Crippen molar-refractivity contribution in [1.82, 2.24) is 0 Å². The first kappa shape index (κ1) is 37.7. The second-order valence-corrected chi connectivity index (χ2v) is 24.5. The Bertz CT molecular complexity index is 3910. The van der Waals surface area contributed by atoms with Gasteiger partial charge in [0.25, 0.3) is 0 Å². The summed E-state index contributed by atoms with van der Waals surface area (Å²) in [5.74, 6) is 4.06. The third kappa shape index (κ3) is 3.98. The highest BCUT2D eigenvalue weighted by molar-refractivity contribution is 6.51. The van der Waals surface area contributed by atoms with Gasteiger partial charge in [-0.2, -0.15) is 0 Å². The van der Waals surface area contributed by atoms with Crippen molar-refractivity contribution >= 4 is 93.4 Å². The van der Waals surface area contributed by atoms with Crippen LogP contribution in [0.4, 0.5) is 0 Å². The molecule has 0 aliphatic heterocycles. The molecule has 8 aromatic rings. The van der Waals surface area contributed by atoms with E-state index in [9.17, 15) is 4.79 Å². The number of allylic oxidation sites excluding steroid dienone is 4. The van der Waals surface area contributed by atoms with E-state index in [1.807, 2.05) is 0 Å². The molecular weight excluding hydrogens is 813 g/mol. The van der Waals surface area contributed by atoms with Crippen molar-refractivity contribution in [3.05, 3.63) is 115 Å². The highest BCUT2D eigenvalue weighted by Crippen LogP contribution is 2.74. The first-order valence-electron chi connectivity index (χ1n) is 26.9. The van der Waals surface area contributed by atoms with Gasteiger partial charge in [0.2, 0.25) is 0 Å².